The number of nitrogens with one attached hydrogen (secondary N) is 2. The van der Waals surface area contributed by atoms with Gasteiger partial charge in [0, 0.05) is 58.5 Å². The minimum Gasteiger partial charge on any atom is -0.444 e. The number of hydrogen-bond acceptors (Lipinski definition) is 8. The highest BCUT2D eigenvalue weighted by molar-refractivity contribution is 5.71. The van der Waals surface area contributed by atoms with Crippen molar-refractivity contribution in [2.24, 2.45) is 5.92 Å². The summed E-state index contributed by atoms with van der Waals surface area (Å²) < 4.78 is 62.6. The van der Waals surface area contributed by atoms with Gasteiger partial charge >= 0.3 is 6.09 Å². The first-order valence-corrected chi connectivity index (χ1v) is 15.6. The highest BCUT2D eigenvalue weighted by Gasteiger charge is 2.36. The Morgan fingerprint density at radius 1 is 1.09 bits per heavy atom. The molecule has 9 nitrogen and oxygen atoms in total. The van der Waals surface area contributed by atoms with E-state index in [4.69, 9.17) is 14.2 Å². The molecule has 0 spiro atoms. The third-order valence-corrected chi connectivity index (χ3v) is 8.38. The summed E-state index contributed by atoms with van der Waals surface area (Å²) in [6, 6.07) is 6.79. The average molecular weight is 642 g/mol. The maximum atomic E-state index is 15.5. The molecule has 2 N–H and O–H groups in total. The second kappa shape index (κ2) is 13.8. The van der Waals surface area contributed by atoms with Crippen LogP contribution in [0.5, 0.6) is 0 Å². The zero-order valence-corrected chi connectivity index (χ0v) is 27.0. The number of carbonyl (C=O) groups excluding carboxylic acids is 1. The Labute approximate surface area is 267 Å². The van der Waals surface area contributed by atoms with E-state index in [2.05, 4.69) is 32.4 Å². The maximum Gasteiger partial charge on any atom is 0.407 e. The number of benzene rings is 1. The van der Waals surface area contributed by atoms with E-state index in [1.807, 2.05) is 26.8 Å². The van der Waals surface area contributed by atoms with Crippen LogP contribution in [0.25, 0.3) is 11.3 Å². The van der Waals surface area contributed by atoms with Crippen LogP contribution in [0.15, 0.2) is 42.7 Å². The largest absolute Gasteiger partial charge is 0.444 e. The number of amides is 1. The van der Waals surface area contributed by atoms with Gasteiger partial charge in [-0.25, -0.2) is 22.9 Å². The zero-order chi connectivity index (χ0) is 33.1. The number of ether oxygens (including phenoxy) is 3. The van der Waals surface area contributed by atoms with Gasteiger partial charge in [-0.1, -0.05) is 6.92 Å². The summed E-state index contributed by atoms with van der Waals surface area (Å²) in [5.74, 6) is -2.39. The topological polar surface area (TPSA) is 97.8 Å². The van der Waals surface area contributed by atoms with E-state index in [-0.39, 0.29) is 18.5 Å². The van der Waals surface area contributed by atoms with Gasteiger partial charge in [0.25, 0.3) is 0 Å². The van der Waals surface area contributed by atoms with Crippen LogP contribution in [-0.4, -0.2) is 61.1 Å². The average Bonchev–Trinajstić information content (AvgIpc) is 3.00. The molecule has 2 saturated heterocycles. The first kappa shape index (κ1) is 33.5. The van der Waals surface area contributed by atoms with E-state index in [9.17, 15) is 4.79 Å². The number of halogens is 3. The molecule has 2 atom stereocenters. The van der Waals surface area contributed by atoms with Gasteiger partial charge in [-0.05, 0) is 69.0 Å². The lowest BCUT2D eigenvalue weighted by molar-refractivity contribution is -0.0950. The van der Waals surface area contributed by atoms with Crippen molar-refractivity contribution in [2.45, 2.75) is 70.7 Å². The lowest BCUT2D eigenvalue weighted by Crippen LogP contribution is -2.51. The van der Waals surface area contributed by atoms with Crippen molar-refractivity contribution in [2.75, 3.05) is 43.6 Å². The van der Waals surface area contributed by atoms with Crippen LogP contribution >= 0.6 is 0 Å². The van der Waals surface area contributed by atoms with E-state index in [0.29, 0.717) is 49.5 Å². The molecule has 1 amide bonds. The highest BCUT2D eigenvalue weighted by atomic mass is 19.1. The first-order valence-electron chi connectivity index (χ1n) is 15.6. The summed E-state index contributed by atoms with van der Waals surface area (Å²) in [6.07, 6.45) is 4.61. The molecule has 2 aliphatic heterocycles. The molecule has 46 heavy (non-hydrogen) atoms. The van der Waals surface area contributed by atoms with Crippen LogP contribution in [0, 0.1) is 23.4 Å². The van der Waals surface area contributed by atoms with Crippen molar-refractivity contribution < 1.29 is 32.2 Å². The van der Waals surface area contributed by atoms with Crippen LogP contribution in [0.3, 0.4) is 0 Å². The van der Waals surface area contributed by atoms with Crippen molar-refractivity contribution in [3.63, 3.8) is 0 Å². The summed E-state index contributed by atoms with van der Waals surface area (Å²) in [7, 11) is 1.51. The summed E-state index contributed by atoms with van der Waals surface area (Å²) >= 11 is 0. The predicted molar refractivity (Wildman–Crippen MR) is 169 cm³/mol. The quantitative estimate of drug-likeness (QED) is 0.285. The van der Waals surface area contributed by atoms with Crippen LogP contribution < -0.4 is 15.5 Å². The monoisotopic (exact) mass is 641 g/mol. The fourth-order valence-electron chi connectivity index (χ4n) is 6.24. The molecule has 248 valence electrons. The fraction of sp³-hybridized carbons (Fsp3) is 0.500. The number of methoxy groups -OCH3 is 1. The SMILES string of the molecule is COC1(c2cc(F)c(-c3nc(CNc4cnccc4N4C[C@H](C)C[C@H](NC(=O)OC(C)(C)C)C4)ccc3F)c(F)c2)CCOCC1. The molecule has 12 heteroatoms. The Morgan fingerprint density at radius 3 is 2.48 bits per heavy atom. The summed E-state index contributed by atoms with van der Waals surface area (Å²) in [4.78, 5) is 23.2. The lowest BCUT2D eigenvalue weighted by Gasteiger charge is -2.39. The molecule has 2 aliphatic rings. The van der Waals surface area contributed by atoms with Gasteiger partial charge < -0.3 is 29.7 Å². The Bertz CT molecular complexity index is 1520. The van der Waals surface area contributed by atoms with Crippen LogP contribution in [0.2, 0.25) is 0 Å². The molecule has 0 bridgehead atoms. The summed E-state index contributed by atoms with van der Waals surface area (Å²) in [6.45, 7) is 9.87. The molecule has 4 heterocycles. The van der Waals surface area contributed by atoms with Crippen molar-refractivity contribution >= 4 is 17.5 Å². The third kappa shape index (κ3) is 7.72. The number of carbonyl (C=O) groups is 1. The fourth-order valence-corrected chi connectivity index (χ4v) is 6.24. The standard InChI is InChI=1S/C34H42F3N5O4/c1-21-14-24(41-32(43)46-33(2,3)4)20-42(19-21)29-8-11-38-18-28(29)39-17-23-6-7-25(35)31(40-23)30-26(36)15-22(16-27(30)37)34(44-5)9-12-45-13-10-34/h6-8,11,15-16,18,21,24,39H,9-10,12-14,17,19-20H2,1-5H3,(H,41,43)/t21-,24+/m1/s1. The van der Waals surface area contributed by atoms with Gasteiger partial charge in [0.15, 0.2) is 0 Å². The molecule has 0 radical (unpaired) electrons. The molecule has 0 saturated carbocycles. The molecule has 0 unspecified atom stereocenters. The number of anilines is 2. The molecule has 2 aromatic heterocycles. The van der Waals surface area contributed by atoms with Crippen molar-refractivity contribution in [3.05, 3.63) is 71.4 Å². The smallest absolute Gasteiger partial charge is 0.407 e. The van der Waals surface area contributed by atoms with Gasteiger partial charge in [-0.15, -0.1) is 0 Å². The van der Waals surface area contributed by atoms with Gasteiger partial charge in [-0.2, -0.15) is 0 Å². The molecule has 0 aliphatic carbocycles. The van der Waals surface area contributed by atoms with Gasteiger partial charge in [0.2, 0.25) is 0 Å². The number of rotatable bonds is 8. The second-order valence-corrected chi connectivity index (χ2v) is 13.1. The Kier molecular flexibility index (Phi) is 10.1. The van der Waals surface area contributed by atoms with E-state index in [0.717, 1.165) is 24.7 Å². The van der Waals surface area contributed by atoms with Crippen LogP contribution in [-0.2, 0) is 26.4 Å². The number of pyridine rings is 2. The molecular formula is C34H42F3N5O4. The number of nitrogens with zero attached hydrogens (tertiary/aromatic N) is 3. The minimum atomic E-state index is -0.919. The number of alkyl carbamates (subject to hydrolysis) is 1. The third-order valence-electron chi connectivity index (χ3n) is 8.38. The molecular weight excluding hydrogens is 599 g/mol. The van der Waals surface area contributed by atoms with Crippen LogP contribution in [0.1, 0.15) is 58.2 Å². The first-order chi connectivity index (χ1) is 21.9. The van der Waals surface area contributed by atoms with Crippen molar-refractivity contribution in [1.29, 1.82) is 0 Å². The van der Waals surface area contributed by atoms with E-state index < -0.39 is 46.0 Å². The van der Waals surface area contributed by atoms with Crippen LogP contribution in [0.4, 0.5) is 29.3 Å². The Balaban J connectivity index is 1.33. The molecule has 2 fully saturated rings. The number of aromatic nitrogens is 2. The highest BCUT2D eigenvalue weighted by Crippen LogP contribution is 2.39. The number of piperidine rings is 1. The maximum absolute atomic E-state index is 15.5. The summed E-state index contributed by atoms with van der Waals surface area (Å²) in [5.41, 5.74) is -0.135. The molecule has 5 rings (SSSR count). The normalized spacial score (nSPS) is 19.9. The molecule has 1 aromatic carbocycles. The van der Waals surface area contributed by atoms with Gasteiger partial charge in [0.1, 0.15) is 28.7 Å². The van der Waals surface area contributed by atoms with Crippen molar-refractivity contribution in [1.82, 2.24) is 15.3 Å². The van der Waals surface area contributed by atoms with E-state index in [1.165, 1.54) is 25.3 Å². The van der Waals surface area contributed by atoms with E-state index in [1.54, 1.807) is 12.4 Å². The Hall–Kier alpha value is -3.90. The van der Waals surface area contributed by atoms with E-state index >= 15 is 13.2 Å². The molecule has 3 aromatic rings. The van der Waals surface area contributed by atoms with Crippen molar-refractivity contribution in [3.8, 4) is 11.3 Å². The summed E-state index contributed by atoms with van der Waals surface area (Å²) in [5, 5.41) is 6.29. The second-order valence-electron chi connectivity index (χ2n) is 13.1. The van der Waals surface area contributed by atoms with Gasteiger partial charge in [0.05, 0.1) is 41.0 Å². The zero-order valence-electron chi connectivity index (χ0n) is 27.0. The van der Waals surface area contributed by atoms with Gasteiger partial charge in [-0.3, -0.25) is 4.98 Å². The lowest BCUT2D eigenvalue weighted by atomic mass is 9.85. The predicted octanol–water partition coefficient (Wildman–Crippen LogP) is 6.56. The number of hydrogen-bond donors (Lipinski definition) is 2. The Morgan fingerprint density at radius 2 is 1.80 bits per heavy atom. The minimum absolute atomic E-state index is 0.123.